The molecule has 0 atom stereocenters. The van der Waals surface area contributed by atoms with E-state index in [0.717, 1.165) is 32.5 Å². The minimum atomic E-state index is -0.627. The Labute approximate surface area is 172 Å². The van der Waals surface area contributed by atoms with Gasteiger partial charge in [0.2, 0.25) is 0 Å². The molecule has 0 aliphatic rings. The van der Waals surface area contributed by atoms with Gasteiger partial charge in [0, 0.05) is 15.8 Å². The molecule has 3 aromatic rings. The van der Waals surface area contributed by atoms with Crippen molar-refractivity contribution in [3.63, 3.8) is 0 Å². The summed E-state index contributed by atoms with van der Waals surface area (Å²) in [5.74, 6) is -0.353. The number of esters is 1. The van der Waals surface area contributed by atoms with Gasteiger partial charge in [-0.3, -0.25) is 4.79 Å². The topological polar surface area (TPSA) is 64.6 Å². The number of rotatable bonds is 5. The van der Waals surface area contributed by atoms with Gasteiger partial charge in [0.05, 0.1) is 12.1 Å². The van der Waals surface area contributed by atoms with Crippen molar-refractivity contribution in [2.45, 2.75) is 20.8 Å². The second-order valence-electron chi connectivity index (χ2n) is 6.51. The Kier molecular flexibility index (Phi) is 5.91. The minimum Gasteiger partial charge on any atom is -0.497 e. The maximum Gasteiger partial charge on any atom is 0.350 e. The maximum absolute atomic E-state index is 12.4. The smallest absolute Gasteiger partial charge is 0.350 e. The number of carbonyl (C=O) groups is 2. The van der Waals surface area contributed by atoms with Crippen LogP contribution in [-0.2, 0) is 9.53 Å². The molecular weight excluding hydrogens is 398 g/mol. The molecule has 0 saturated heterocycles. The van der Waals surface area contributed by atoms with Crippen LogP contribution in [0.2, 0.25) is 5.02 Å². The van der Waals surface area contributed by atoms with Gasteiger partial charge in [-0.1, -0.05) is 29.3 Å². The third-order valence-electron chi connectivity index (χ3n) is 4.30. The maximum atomic E-state index is 12.4. The molecule has 0 radical (unpaired) electrons. The quantitative estimate of drug-likeness (QED) is 0.573. The molecule has 0 saturated carbocycles. The number of benzene rings is 2. The lowest BCUT2D eigenvalue weighted by atomic mass is 10.1. The second kappa shape index (κ2) is 8.20. The molecule has 146 valence electrons. The molecule has 0 aliphatic carbocycles. The van der Waals surface area contributed by atoms with Gasteiger partial charge in [0.25, 0.3) is 5.91 Å². The normalized spacial score (nSPS) is 10.8. The Morgan fingerprint density at radius 3 is 2.43 bits per heavy atom. The molecule has 1 N–H and O–H groups in total. The standard InChI is InChI=1S/C21H20ClNO4S/c1-11-7-12(2)19(13(3)8-11)23-17(24)10-27-21(25)20-18(22)15-6-5-14(26-4)9-16(15)28-20/h5-9H,10H2,1-4H3,(H,23,24). The third kappa shape index (κ3) is 4.13. The lowest BCUT2D eigenvalue weighted by molar-refractivity contribution is -0.119. The van der Waals surface area contributed by atoms with E-state index in [2.05, 4.69) is 5.32 Å². The van der Waals surface area contributed by atoms with E-state index in [4.69, 9.17) is 21.1 Å². The Bertz CT molecular complexity index is 1050. The third-order valence-corrected chi connectivity index (χ3v) is 5.94. The van der Waals surface area contributed by atoms with Crippen molar-refractivity contribution >= 4 is 50.6 Å². The molecule has 0 spiro atoms. The number of nitrogens with one attached hydrogen (secondary N) is 1. The zero-order valence-electron chi connectivity index (χ0n) is 16.0. The summed E-state index contributed by atoms with van der Waals surface area (Å²) < 4.78 is 11.2. The summed E-state index contributed by atoms with van der Waals surface area (Å²) in [6.07, 6.45) is 0. The second-order valence-corrected chi connectivity index (χ2v) is 7.94. The Morgan fingerprint density at radius 1 is 1.11 bits per heavy atom. The number of hydrogen-bond acceptors (Lipinski definition) is 5. The number of halogens is 1. The molecular formula is C21H20ClNO4S. The Hall–Kier alpha value is -2.57. The molecule has 0 fully saturated rings. The Balaban J connectivity index is 1.69. The molecule has 3 rings (SSSR count). The van der Waals surface area contributed by atoms with E-state index >= 15 is 0 Å². The van der Waals surface area contributed by atoms with E-state index < -0.39 is 11.9 Å². The number of hydrogen-bond donors (Lipinski definition) is 1. The minimum absolute atomic E-state index is 0.264. The zero-order valence-corrected chi connectivity index (χ0v) is 17.6. The molecule has 2 aromatic carbocycles. The fourth-order valence-electron chi connectivity index (χ4n) is 3.05. The monoisotopic (exact) mass is 417 g/mol. The van der Waals surface area contributed by atoms with Crippen LogP contribution < -0.4 is 10.1 Å². The summed E-state index contributed by atoms with van der Waals surface area (Å²) >= 11 is 7.52. The molecule has 0 unspecified atom stereocenters. The number of ether oxygens (including phenoxy) is 2. The van der Waals surface area contributed by atoms with Crippen molar-refractivity contribution < 1.29 is 19.1 Å². The van der Waals surface area contributed by atoms with E-state index in [9.17, 15) is 9.59 Å². The van der Waals surface area contributed by atoms with Gasteiger partial charge < -0.3 is 14.8 Å². The summed E-state index contributed by atoms with van der Waals surface area (Å²) in [7, 11) is 1.57. The lowest BCUT2D eigenvalue weighted by Gasteiger charge is -2.12. The summed E-state index contributed by atoms with van der Waals surface area (Å²) in [5, 5.41) is 3.87. The van der Waals surface area contributed by atoms with E-state index in [1.807, 2.05) is 32.9 Å². The van der Waals surface area contributed by atoms with Gasteiger partial charge in [-0.05, 0) is 50.1 Å². The molecule has 7 heteroatoms. The summed E-state index contributed by atoms with van der Waals surface area (Å²) in [6, 6.07) is 9.34. The highest BCUT2D eigenvalue weighted by molar-refractivity contribution is 7.21. The number of carbonyl (C=O) groups excluding carboxylic acids is 2. The average Bonchev–Trinajstić information content (AvgIpc) is 2.98. The fraction of sp³-hybridized carbons (Fsp3) is 0.238. The number of methoxy groups -OCH3 is 1. The van der Waals surface area contributed by atoms with E-state index in [1.54, 1.807) is 25.3 Å². The van der Waals surface area contributed by atoms with E-state index in [0.29, 0.717) is 10.8 Å². The summed E-state index contributed by atoms with van der Waals surface area (Å²) in [6.45, 7) is 5.46. The average molecular weight is 418 g/mol. The predicted octanol–water partition coefficient (Wildman–Crippen LogP) is 5.28. The van der Waals surface area contributed by atoms with Gasteiger partial charge in [0.15, 0.2) is 6.61 Å². The lowest BCUT2D eigenvalue weighted by Crippen LogP contribution is -2.21. The van der Waals surface area contributed by atoms with Crippen molar-refractivity contribution in [1.29, 1.82) is 0 Å². The van der Waals surface area contributed by atoms with Crippen LogP contribution in [-0.4, -0.2) is 25.6 Å². The first kappa shape index (κ1) is 20.2. The van der Waals surface area contributed by atoms with Crippen molar-refractivity contribution in [2.24, 2.45) is 0 Å². The van der Waals surface area contributed by atoms with Crippen LogP contribution >= 0.6 is 22.9 Å². The summed E-state index contributed by atoms with van der Waals surface area (Å²) in [4.78, 5) is 24.9. The van der Waals surface area contributed by atoms with Crippen LogP contribution in [0, 0.1) is 20.8 Å². The first-order valence-electron chi connectivity index (χ1n) is 8.61. The van der Waals surface area contributed by atoms with Crippen LogP contribution in [0.5, 0.6) is 5.75 Å². The van der Waals surface area contributed by atoms with Crippen molar-refractivity contribution in [3.8, 4) is 5.75 Å². The number of amides is 1. The number of aryl methyl sites for hydroxylation is 3. The molecule has 5 nitrogen and oxygen atoms in total. The van der Waals surface area contributed by atoms with E-state index in [-0.39, 0.29) is 11.5 Å². The molecule has 0 bridgehead atoms. The highest BCUT2D eigenvalue weighted by atomic mass is 35.5. The largest absolute Gasteiger partial charge is 0.497 e. The number of anilines is 1. The van der Waals surface area contributed by atoms with Gasteiger partial charge in [-0.2, -0.15) is 0 Å². The van der Waals surface area contributed by atoms with E-state index in [1.165, 1.54) is 11.3 Å². The van der Waals surface area contributed by atoms with Crippen molar-refractivity contribution in [3.05, 3.63) is 56.9 Å². The first-order valence-corrected chi connectivity index (χ1v) is 9.80. The Morgan fingerprint density at radius 2 is 1.79 bits per heavy atom. The van der Waals surface area contributed by atoms with Crippen LogP contribution in [0.3, 0.4) is 0 Å². The first-order chi connectivity index (χ1) is 13.3. The molecule has 1 aromatic heterocycles. The number of fused-ring (bicyclic) bond motifs is 1. The summed E-state index contributed by atoms with van der Waals surface area (Å²) in [5.41, 5.74) is 3.77. The van der Waals surface area contributed by atoms with Crippen LogP contribution in [0.4, 0.5) is 5.69 Å². The van der Waals surface area contributed by atoms with Crippen molar-refractivity contribution in [2.75, 3.05) is 19.0 Å². The van der Waals surface area contributed by atoms with Crippen LogP contribution in [0.25, 0.3) is 10.1 Å². The molecule has 1 amide bonds. The molecule has 28 heavy (non-hydrogen) atoms. The SMILES string of the molecule is COc1ccc2c(Cl)c(C(=O)OCC(=O)Nc3c(C)cc(C)cc3C)sc2c1. The van der Waals surface area contributed by atoms with Gasteiger partial charge in [-0.25, -0.2) is 4.79 Å². The highest BCUT2D eigenvalue weighted by Crippen LogP contribution is 2.37. The zero-order chi connectivity index (χ0) is 20.4. The number of thiophene rings is 1. The van der Waals surface area contributed by atoms with Crippen LogP contribution in [0.1, 0.15) is 26.4 Å². The van der Waals surface area contributed by atoms with Gasteiger partial charge in [-0.15, -0.1) is 11.3 Å². The predicted molar refractivity (Wildman–Crippen MR) is 113 cm³/mol. The fourth-order valence-corrected chi connectivity index (χ4v) is 4.48. The highest BCUT2D eigenvalue weighted by Gasteiger charge is 2.20. The molecule has 0 aliphatic heterocycles. The van der Waals surface area contributed by atoms with Crippen LogP contribution in [0.15, 0.2) is 30.3 Å². The molecule has 1 heterocycles. The van der Waals surface area contributed by atoms with Gasteiger partial charge in [0.1, 0.15) is 10.6 Å². The van der Waals surface area contributed by atoms with Crippen molar-refractivity contribution in [1.82, 2.24) is 0 Å². The van der Waals surface area contributed by atoms with Gasteiger partial charge >= 0.3 is 5.97 Å².